The molecule has 1 rings (SSSR count). The van der Waals surface area contributed by atoms with Crippen molar-refractivity contribution in [3.05, 3.63) is 14.5 Å². The molecule has 0 saturated heterocycles. The van der Waals surface area contributed by atoms with Gasteiger partial charge in [0.15, 0.2) is 5.15 Å². The summed E-state index contributed by atoms with van der Waals surface area (Å²) in [6, 6.07) is 0. The Balaban J connectivity index is 2.80. The van der Waals surface area contributed by atoms with Crippen LogP contribution in [0.3, 0.4) is 0 Å². The molecule has 1 nitrogen and oxygen atoms in total. The van der Waals surface area contributed by atoms with Gasteiger partial charge >= 0.3 is 0 Å². The fourth-order valence-electron chi connectivity index (χ4n) is 1.30. The van der Waals surface area contributed by atoms with E-state index in [0.717, 1.165) is 11.4 Å². The first kappa shape index (κ1) is 12.3. The molecule has 0 N–H and O–H groups in total. The Hall–Kier alpha value is 0.210. The van der Waals surface area contributed by atoms with Crippen LogP contribution >= 0.6 is 34.5 Å². The van der Waals surface area contributed by atoms with Gasteiger partial charge in [-0.05, 0) is 6.42 Å². The first-order chi connectivity index (χ1) is 6.47. The lowest BCUT2D eigenvalue weighted by Gasteiger charge is -2.21. The molecule has 4 heteroatoms. The molecule has 0 amide bonds. The molecular formula is C10H15Cl2NS. The Morgan fingerprint density at radius 3 is 2.43 bits per heavy atom. The molecule has 0 radical (unpaired) electrons. The molecule has 0 bridgehead atoms. The normalized spacial score (nSPS) is 12.1. The van der Waals surface area contributed by atoms with Gasteiger partial charge in [0.05, 0.1) is 0 Å². The zero-order valence-corrected chi connectivity index (χ0v) is 11.1. The third kappa shape index (κ3) is 2.85. The van der Waals surface area contributed by atoms with E-state index in [1.165, 1.54) is 24.2 Å². The average Bonchev–Trinajstić information content (AvgIpc) is 2.45. The predicted octanol–water partition coefficient (Wildman–Crippen LogP) is 4.92. The average molecular weight is 252 g/mol. The number of thiazole rings is 1. The van der Waals surface area contributed by atoms with Gasteiger partial charge in [-0.1, -0.05) is 56.8 Å². The molecule has 1 heterocycles. The van der Waals surface area contributed by atoms with Gasteiger partial charge in [0.1, 0.15) is 9.34 Å². The van der Waals surface area contributed by atoms with Crippen LogP contribution in [0.25, 0.3) is 0 Å². The minimum Gasteiger partial charge on any atom is -0.227 e. The summed E-state index contributed by atoms with van der Waals surface area (Å²) in [5.41, 5.74) is 0.0947. The fourth-order valence-corrected chi connectivity index (χ4v) is 2.62. The molecule has 0 aliphatic heterocycles. The molecule has 0 aliphatic rings. The van der Waals surface area contributed by atoms with Crippen LogP contribution in [-0.4, -0.2) is 4.98 Å². The first-order valence-electron chi connectivity index (χ1n) is 4.79. The van der Waals surface area contributed by atoms with E-state index in [9.17, 15) is 0 Å². The van der Waals surface area contributed by atoms with Gasteiger partial charge in [0.25, 0.3) is 0 Å². The standard InChI is InChI=1S/C10H15Cl2NS/c1-4-5-6-10(2,3)9-13-7(11)8(12)14-9/h4-6H2,1-3H3. The van der Waals surface area contributed by atoms with E-state index in [4.69, 9.17) is 23.2 Å². The van der Waals surface area contributed by atoms with Crippen LogP contribution in [0.4, 0.5) is 0 Å². The molecular weight excluding hydrogens is 237 g/mol. The highest BCUT2D eigenvalue weighted by atomic mass is 35.5. The quantitative estimate of drug-likeness (QED) is 0.741. The summed E-state index contributed by atoms with van der Waals surface area (Å²) in [5.74, 6) is 0. The van der Waals surface area contributed by atoms with Crippen molar-refractivity contribution < 1.29 is 0 Å². The Bertz CT molecular complexity index is 288. The molecule has 0 aliphatic carbocycles. The van der Waals surface area contributed by atoms with E-state index in [0.29, 0.717) is 9.49 Å². The van der Waals surface area contributed by atoms with Crippen molar-refractivity contribution in [1.29, 1.82) is 0 Å². The molecule has 80 valence electrons. The highest BCUT2D eigenvalue weighted by Gasteiger charge is 2.25. The fraction of sp³-hybridized carbons (Fsp3) is 0.700. The number of unbranched alkanes of at least 4 members (excludes halogenated alkanes) is 1. The second kappa shape index (κ2) is 4.82. The van der Waals surface area contributed by atoms with Crippen molar-refractivity contribution in [3.8, 4) is 0 Å². The van der Waals surface area contributed by atoms with Crippen LogP contribution in [-0.2, 0) is 5.41 Å². The summed E-state index contributed by atoms with van der Waals surface area (Å²) in [6.07, 6.45) is 3.54. The Labute approximate surface area is 99.5 Å². The highest BCUT2D eigenvalue weighted by Crippen LogP contribution is 2.37. The Morgan fingerprint density at radius 2 is 2.00 bits per heavy atom. The molecule has 0 aromatic carbocycles. The van der Waals surface area contributed by atoms with Gasteiger partial charge in [-0.25, -0.2) is 4.98 Å². The summed E-state index contributed by atoms with van der Waals surface area (Å²) in [6.45, 7) is 6.57. The third-order valence-electron chi connectivity index (χ3n) is 2.28. The van der Waals surface area contributed by atoms with Crippen LogP contribution in [0.1, 0.15) is 45.0 Å². The lowest BCUT2D eigenvalue weighted by Crippen LogP contribution is -2.16. The number of hydrogen-bond donors (Lipinski definition) is 0. The molecule has 14 heavy (non-hydrogen) atoms. The second-order valence-corrected chi connectivity index (χ2v) is 6.03. The largest absolute Gasteiger partial charge is 0.227 e. The van der Waals surface area contributed by atoms with Crippen LogP contribution < -0.4 is 0 Å². The SMILES string of the molecule is CCCCC(C)(C)c1nc(Cl)c(Cl)s1. The van der Waals surface area contributed by atoms with Crippen LogP contribution in [0.2, 0.25) is 9.49 Å². The third-order valence-corrected chi connectivity index (χ3v) is 4.38. The molecule has 0 spiro atoms. The maximum atomic E-state index is 5.89. The van der Waals surface area contributed by atoms with Gasteiger partial charge < -0.3 is 0 Å². The number of aromatic nitrogens is 1. The van der Waals surface area contributed by atoms with Crippen molar-refractivity contribution in [2.75, 3.05) is 0 Å². The van der Waals surface area contributed by atoms with Crippen molar-refractivity contribution in [1.82, 2.24) is 4.98 Å². The number of hydrogen-bond acceptors (Lipinski definition) is 2. The molecule has 0 saturated carbocycles. The van der Waals surface area contributed by atoms with E-state index in [1.807, 2.05) is 0 Å². The Morgan fingerprint density at radius 1 is 1.36 bits per heavy atom. The molecule has 1 aromatic heterocycles. The topological polar surface area (TPSA) is 12.9 Å². The van der Waals surface area contributed by atoms with Crippen LogP contribution in [0.5, 0.6) is 0 Å². The molecule has 0 fully saturated rings. The summed E-state index contributed by atoms with van der Waals surface area (Å²) >= 11 is 13.2. The molecule has 1 aromatic rings. The maximum Gasteiger partial charge on any atom is 0.159 e. The lowest BCUT2D eigenvalue weighted by molar-refractivity contribution is 0.455. The minimum atomic E-state index is 0.0947. The van der Waals surface area contributed by atoms with Gasteiger partial charge in [0, 0.05) is 5.41 Å². The van der Waals surface area contributed by atoms with E-state index in [1.54, 1.807) is 0 Å². The van der Waals surface area contributed by atoms with Gasteiger partial charge in [-0.15, -0.1) is 11.3 Å². The van der Waals surface area contributed by atoms with Gasteiger partial charge in [-0.3, -0.25) is 0 Å². The van der Waals surface area contributed by atoms with E-state index in [2.05, 4.69) is 25.8 Å². The number of nitrogens with zero attached hydrogens (tertiary/aromatic N) is 1. The number of rotatable bonds is 4. The zero-order valence-electron chi connectivity index (χ0n) is 8.73. The molecule has 0 unspecified atom stereocenters. The zero-order chi connectivity index (χ0) is 10.8. The first-order valence-corrected chi connectivity index (χ1v) is 6.37. The van der Waals surface area contributed by atoms with E-state index in [-0.39, 0.29) is 5.41 Å². The van der Waals surface area contributed by atoms with Crippen LogP contribution in [0.15, 0.2) is 0 Å². The summed E-state index contributed by atoms with van der Waals surface area (Å²) < 4.78 is 0.603. The monoisotopic (exact) mass is 251 g/mol. The minimum absolute atomic E-state index is 0.0947. The van der Waals surface area contributed by atoms with E-state index < -0.39 is 0 Å². The van der Waals surface area contributed by atoms with Crippen molar-refractivity contribution in [2.24, 2.45) is 0 Å². The summed E-state index contributed by atoms with van der Waals surface area (Å²) in [4.78, 5) is 4.29. The Kier molecular flexibility index (Phi) is 4.23. The second-order valence-electron chi connectivity index (χ2n) is 4.07. The van der Waals surface area contributed by atoms with Crippen molar-refractivity contribution >= 4 is 34.5 Å². The maximum absolute atomic E-state index is 5.89. The van der Waals surface area contributed by atoms with E-state index >= 15 is 0 Å². The number of halogens is 2. The summed E-state index contributed by atoms with van der Waals surface area (Å²) in [7, 11) is 0. The van der Waals surface area contributed by atoms with Crippen molar-refractivity contribution in [3.63, 3.8) is 0 Å². The molecule has 0 atom stereocenters. The van der Waals surface area contributed by atoms with Gasteiger partial charge in [0.2, 0.25) is 0 Å². The lowest BCUT2D eigenvalue weighted by atomic mass is 9.88. The highest BCUT2D eigenvalue weighted by molar-refractivity contribution is 7.16. The van der Waals surface area contributed by atoms with Crippen LogP contribution in [0, 0.1) is 0 Å². The smallest absolute Gasteiger partial charge is 0.159 e. The van der Waals surface area contributed by atoms with Crippen molar-refractivity contribution in [2.45, 2.75) is 45.4 Å². The predicted molar refractivity (Wildman–Crippen MR) is 64.7 cm³/mol. The van der Waals surface area contributed by atoms with Gasteiger partial charge in [-0.2, -0.15) is 0 Å². The summed E-state index contributed by atoms with van der Waals surface area (Å²) in [5, 5.41) is 1.48.